The lowest BCUT2D eigenvalue weighted by atomic mass is 10.1. The molecule has 0 saturated carbocycles. The molecular weight excluding hydrogens is 287 g/mol. The smallest absolute Gasteiger partial charge is 0.338 e. The second-order valence-corrected chi connectivity index (χ2v) is 4.46. The predicted molar refractivity (Wildman–Crippen MR) is 78.6 cm³/mol. The van der Waals surface area contributed by atoms with Crippen molar-refractivity contribution in [2.24, 2.45) is 0 Å². The van der Waals surface area contributed by atoms with Gasteiger partial charge in [-0.15, -0.1) is 0 Å². The van der Waals surface area contributed by atoms with Gasteiger partial charge in [0, 0.05) is 5.56 Å². The summed E-state index contributed by atoms with van der Waals surface area (Å²) in [5, 5.41) is 0. The normalized spacial score (nSPS) is 10.1. The fourth-order valence-electron chi connectivity index (χ4n) is 1.77. The van der Waals surface area contributed by atoms with Crippen molar-refractivity contribution in [1.29, 1.82) is 0 Å². The van der Waals surface area contributed by atoms with Crippen molar-refractivity contribution in [1.82, 2.24) is 0 Å². The van der Waals surface area contributed by atoms with Crippen LogP contribution in [-0.4, -0.2) is 25.0 Å². The molecule has 0 atom stereocenters. The molecule has 22 heavy (non-hydrogen) atoms. The summed E-state index contributed by atoms with van der Waals surface area (Å²) >= 11 is 0. The number of benzene rings is 2. The SMILES string of the molecule is CCOC(=O)c1ccc(OCC(=O)c2ccc(F)cc2)cc1. The Bertz CT molecular complexity index is 647. The Morgan fingerprint density at radius 1 is 0.955 bits per heavy atom. The van der Waals surface area contributed by atoms with Gasteiger partial charge in [0.25, 0.3) is 0 Å². The van der Waals surface area contributed by atoms with Crippen LogP contribution in [0.1, 0.15) is 27.6 Å². The van der Waals surface area contributed by atoms with Gasteiger partial charge in [-0.25, -0.2) is 9.18 Å². The van der Waals surface area contributed by atoms with E-state index in [1.165, 1.54) is 24.3 Å². The van der Waals surface area contributed by atoms with E-state index in [9.17, 15) is 14.0 Å². The van der Waals surface area contributed by atoms with E-state index in [0.29, 0.717) is 23.5 Å². The Balaban J connectivity index is 1.92. The van der Waals surface area contributed by atoms with Crippen LogP contribution in [0.2, 0.25) is 0 Å². The Morgan fingerprint density at radius 2 is 1.55 bits per heavy atom. The van der Waals surface area contributed by atoms with E-state index in [-0.39, 0.29) is 12.4 Å². The van der Waals surface area contributed by atoms with Crippen LogP contribution >= 0.6 is 0 Å². The van der Waals surface area contributed by atoms with Gasteiger partial charge in [0.15, 0.2) is 12.4 Å². The fraction of sp³-hybridized carbons (Fsp3) is 0.176. The molecule has 4 nitrogen and oxygen atoms in total. The second-order valence-electron chi connectivity index (χ2n) is 4.46. The van der Waals surface area contributed by atoms with E-state index < -0.39 is 11.8 Å². The third-order valence-electron chi connectivity index (χ3n) is 2.90. The minimum atomic E-state index is -0.406. The minimum Gasteiger partial charge on any atom is -0.485 e. The van der Waals surface area contributed by atoms with Gasteiger partial charge in [-0.05, 0) is 55.5 Å². The maximum atomic E-state index is 12.8. The van der Waals surface area contributed by atoms with Crippen LogP contribution in [0.4, 0.5) is 4.39 Å². The molecule has 0 unspecified atom stereocenters. The van der Waals surface area contributed by atoms with Crippen molar-refractivity contribution >= 4 is 11.8 Å². The molecule has 0 aliphatic rings. The molecule has 0 spiro atoms. The molecule has 0 aliphatic carbocycles. The lowest BCUT2D eigenvalue weighted by molar-refractivity contribution is 0.0526. The summed E-state index contributed by atoms with van der Waals surface area (Å²) in [6, 6.07) is 11.6. The molecule has 0 saturated heterocycles. The highest BCUT2D eigenvalue weighted by molar-refractivity contribution is 5.97. The highest BCUT2D eigenvalue weighted by Crippen LogP contribution is 2.14. The Morgan fingerprint density at radius 3 is 2.14 bits per heavy atom. The highest BCUT2D eigenvalue weighted by atomic mass is 19.1. The molecule has 114 valence electrons. The molecule has 2 rings (SSSR count). The number of ketones is 1. The summed E-state index contributed by atoms with van der Waals surface area (Å²) in [7, 11) is 0. The van der Waals surface area contributed by atoms with E-state index >= 15 is 0 Å². The van der Waals surface area contributed by atoms with Crippen molar-refractivity contribution in [3.05, 3.63) is 65.5 Å². The van der Waals surface area contributed by atoms with Gasteiger partial charge in [-0.3, -0.25) is 4.79 Å². The van der Waals surface area contributed by atoms with Gasteiger partial charge in [-0.1, -0.05) is 0 Å². The second kappa shape index (κ2) is 7.36. The maximum absolute atomic E-state index is 12.8. The zero-order valence-electron chi connectivity index (χ0n) is 12.0. The predicted octanol–water partition coefficient (Wildman–Crippen LogP) is 3.26. The minimum absolute atomic E-state index is 0.162. The summed E-state index contributed by atoms with van der Waals surface area (Å²) < 4.78 is 23.0. The van der Waals surface area contributed by atoms with Gasteiger partial charge in [-0.2, -0.15) is 0 Å². The first kappa shape index (κ1) is 15.7. The summed E-state index contributed by atoms with van der Waals surface area (Å²) in [5.41, 5.74) is 0.795. The molecule has 0 bridgehead atoms. The number of carbonyl (C=O) groups excluding carboxylic acids is 2. The zero-order chi connectivity index (χ0) is 15.9. The van der Waals surface area contributed by atoms with Gasteiger partial charge in [0.1, 0.15) is 11.6 Å². The quantitative estimate of drug-likeness (QED) is 0.607. The topological polar surface area (TPSA) is 52.6 Å². The van der Waals surface area contributed by atoms with Crippen LogP contribution in [0.3, 0.4) is 0 Å². The number of Topliss-reactive ketones (excluding diaryl/α,β-unsaturated/α-hetero) is 1. The van der Waals surface area contributed by atoms with Gasteiger partial charge >= 0.3 is 5.97 Å². The fourth-order valence-corrected chi connectivity index (χ4v) is 1.77. The third-order valence-corrected chi connectivity index (χ3v) is 2.90. The average molecular weight is 302 g/mol. The van der Waals surface area contributed by atoms with E-state index in [1.54, 1.807) is 31.2 Å². The summed E-state index contributed by atoms with van der Waals surface area (Å²) in [6.07, 6.45) is 0. The average Bonchev–Trinajstić information content (AvgIpc) is 2.54. The molecule has 2 aromatic rings. The van der Waals surface area contributed by atoms with Crippen molar-refractivity contribution in [3.8, 4) is 5.75 Å². The van der Waals surface area contributed by atoms with Crippen LogP contribution < -0.4 is 4.74 Å². The molecule has 0 aliphatic heterocycles. The first-order chi connectivity index (χ1) is 10.6. The molecule has 5 heteroatoms. The number of halogens is 1. The summed E-state index contributed by atoms with van der Waals surface area (Å²) in [4.78, 5) is 23.4. The first-order valence-electron chi connectivity index (χ1n) is 6.79. The summed E-state index contributed by atoms with van der Waals surface area (Å²) in [6.45, 7) is 1.88. The number of esters is 1. The largest absolute Gasteiger partial charge is 0.485 e. The van der Waals surface area contributed by atoms with Gasteiger partial charge < -0.3 is 9.47 Å². The first-order valence-corrected chi connectivity index (χ1v) is 6.79. The zero-order valence-corrected chi connectivity index (χ0v) is 12.0. The molecule has 0 N–H and O–H groups in total. The molecular formula is C17H15FO4. The van der Waals surface area contributed by atoms with Gasteiger partial charge in [0.05, 0.1) is 12.2 Å². The van der Waals surface area contributed by atoms with E-state index in [2.05, 4.69) is 0 Å². The lowest BCUT2D eigenvalue weighted by Crippen LogP contribution is -2.11. The number of carbonyl (C=O) groups is 2. The number of hydrogen-bond donors (Lipinski definition) is 0. The molecule has 2 aromatic carbocycles. The van der Waals surface area contributed by atoms with E-state index in [4.69, 9.17) is 9.47 Å². The highest BCUT2D eigenvalue weighted by Gasteiger charge is 2.09. The number of ether oxygens (including phenoxy) is 2. The standard InChI is InChI=1S/C17H15FO4/c1-2-21-17(20)13-5-9-15(10-6-13)22-11-16(19)12-3-7-14(18)8-4-12/h3-10H,2,11H2,1H3. The monoisotopic (exact) mass is 302 g/mol. The summed E-state index contributed by atoms with van der Waals surface area (Å²) in [5.74, 6) is -0.596. The molecule has 0 heterocycles. The number of rotatable bonds is 6. The lowest BCUT2D eigenvalue weighted by Gasteiger charge is -2.07. The van der Waals surface area contributed by atoms with Crippen molar-refractivity contribution in [3.63, 3.8) is 0 Å². The molecule has 0 amide bonds. The van der Waals surface area contributed by atoms with Crippen molar-refractivity contribution in [2.45, 2.75) is 6.92 Å². The van der Waals surface area contributed by atoms with Crippen LogP contribution in [0, 0.1) is 5.82 Å². The molecule has 0 fully saturated rings. The Kier molecular flexibility index (Phi) is 5.25. The van der Waals surface area contributed by atoms with E-state index in [1.807, 2.05) is 0 Å². The Hall–Kier alpha value is -2.69. The Labute approximate surface area is 127 Å². The maximum Gasteiger partial charge on any atom is 0.338 e. The van der Waals surface area contributed by atoms with Crippen LogP contribution in [0.15, 0.2) is 48.5 Å². The third kappa shape index (κ3) is 4.15. The van der Waals surface area contributed by atoms with Crippen molar-refractivity contribution < 1.29 is 23.5 Å². The van der Waals surface area contributed by atoms with Crippen molar-refractivity contribution in [2.75, 3.05) is 13.2 Å². The van der Waals surface area contributed by atoms with Crippen LogP contribution in [0.25, 0.3) is 0 Å². The van der Waals surface area contributed by atoms with Crippen LogP contribution in [-0.2, 0) is 4.74 Å². The molecule has 0 radical (unpaired) electrons. The van der Waals surface area contributed by atoms with Gasteiger partial charge in [0.2, 0.25) is 0 Å². The van der Waals surface area contributed by atoms with E-state index in [0.717, 1.165) is 0 Å². The molecule has 0 aromatic heterocycles. The number of hydrogen-bond acceptors (Lipinski definition) is 4. The van der Waals surface area contributed by atoms with Crippen LogP contribution in [0.5, 0.6) is 5.75 Å².